The Morgan fingerprint density at radius 1 is 1.40 bits per heavy atom. The summed E-state index contributed by atoms with van der Waals surface area (Å²) in [7, 11) is -2.54. The average molecular weight is 317 g/mol. The van der Waals surface area contributed by atoms with Gasteiger partial charge < -0.3 is 9.84 Å². The Labute approximate surface area is 119 Å². The standard InChI is InChI=1S/C12H12FNO4S2/c1-18-10-6-8(13)2-3-9(10)14-20(16,17)12-4-5-19-11(12)7-15/h2-6,14-15H,7H2,1H3. The van der Waals surface area contributed by atoms with Crippen LogP contribution in [0.4, 0.5) is 10.1 Å². The number of aliphatic hydroxyl groups is 1. The summed E-state index contributed by atoms with van der Waals surface area (Å²) >= 11 is 1.14. The predicted molar refractivity (Wildman–Crippen MR) is 74.0 cm³/mol. The third kappa shape index (κ3) is 2.92. The summed E-state index contributed by atoms with van der Waals surface area (Å²) in [6.45, 7) is -0.367. The van der Waals surface area contributed by atoms with Gasteiger partial charge in [-0.05, 0) is 23.6 Å². The van der Waals surface area contributed by atoms with Crippen LogP contribution < -0.4 is 9.46 Å². The number of sulfonamides is 1. The molecule has 0 saturated carbocycles. The minimum atomic E-state index is -3.86. The van der Waals surface area contributed by atoms with Gasteiger partial charge in [0.1, 0.15) is 16.5 Å². The summed E-state index contributed by atoms with van der Waals surface area (Å²) < 4.78 is 44.8. The molecule has 1 heterocycles. The smallest absolute Gasteiger partial charge is 0.263 e. The van der Waals surface area contributed by atoms with E-state index in [1.807, 2.05) is 0 Å². The first-order valence-electron chi connectivity index (χ1n) is 5.51. The molecule has 0 atom stereocenters. The number of hydrogen-bond acceptors (Lipinski definition) is 5. The number of anilines is 1. The van der Waals surface area contributed by atoms with Crippen LogP contribution in [0.1, 0.15) is 4.88 Å². The van der Waals surface area contributed by atoms with Crippen molar-refractivity contribution in [2.24, 2.45) is 0 Å². The highest BCUT2D eigenvalue weighted by Crippen LogP contribution is 2.29. The number of halogens is 1. The Bertz CT molecular complexity index is 712. The SMILES string of the molecule is COc1cc(F)ccc1NS(=O)(=O)c1ccsc1CO. The van der Waals surface area contributed by atoms with Crippen molar-refractivity contribution in [2.45, 2.75) is 11.5 Å². The molecule has 5 nitrogen and oxygen atoms in total. The van der Waals surface area contributed by atoms with Crippen LogP contribution >= 0.6 is 11.3 Å². The van der Waals surface area contributed by atoms with Crippen molar-refractivity contribution in [3.63, 3.8) is 0 Å². The molecule has 8 heteroatoms. The molecule has 0 fully saturated rings. The van der Waals surface area contributed by atoms with Crippen LogP contribution in [0.3, 0.4) is 0 Å². The zero-order chi connectivity index (χ0) is 14.8. The molecular weight excluding hydrogens is 305 g/mol. The van der Waals surface area contributed by atoms with Gasteiger partial charge in [-0.15, -0.1) is 11.3 Å². The Hall–Kier alpha value is -1.64. The third-order valence-corrected chi connectivity index (χ3v) is 5.03. The molecule has 108 valence electrons. The molecule has 0 saturated heterocycles. The lowest BCUT2D eigenvalue weighted by Crippen LogP contribution is -2.14. The van der Waals surface area contributed by atoms with Gasteiger partial charge in [-0.1, -0.05) is 0 Å². The maximum absolute atomic E-state index is 13.1. The van der Waals surface area contributed by atoms with Crippen molar-refractivity contribution >= 4 is 27.0 Å². The second-order valence-corrected chi connectivity index (χ2v) is 6.47. The fraction of sp³-hybridized carbons (Fsp3) is 0.167. The number of hydrogen-bond donors (Lipinski definition) is 2. The molecule has 0 aliphatic carbocycles. The van der Waals surface area contributed by atoms with Gasteiger partial charge in [-0.3, -0.25) is 4.72 Å². The van der Waals surface area contributed by atoms with E-state index in [2.05, 4.69) is 4.72 Å². The van der Waals surface area contributed by atoms with E-state index in [0.717, 1.165) is 23.5 Å². The minimum Gasteiger partial charge on any atom is -0.494 e. The Morgan fingerprint density at radius 2 is 2.15 bits per heavy atom. The zero-order valence-electron chi connectivity index (χ0n) is 10.5. The van der Waals surface area contributed by atoms with Crippen molar-refractivity contribution in [3.05, 3.63) is 40.3 Å². The lowest BCUT2D eigenvalue weighted by Gasteiger charge is -2.11. The van der Waals surface area contributed by atoms with E-state index in [1.54, 1.807) is 5.38 Å². The Morgan fingerprint density at radius 3 is 2.80 bits per heavy atom. The second kappa shape index (κ2) is 5.78. The lowest BCUT2D eigenvalue weighted by molar-refractivity contribution is 0.282. The minimum absolute atomic E-state index is 0.00335. The quantitative estimate of drug-likeness (QED) is 0.886. The van der Waals surface area contributed by atoms with Gasteiger partial charge in [-0.25, -0.2) is 12.8 Å². The summed E-state index contributed by atoms with van der Waals surface area (Å²) in [5.41, 5.74) is 0.129. The number of ether oxygens (including phenoxy) is 1. The zero-order valence-corrected chi connectivity index (χ0v) is 12.1. The topological polar surface area (TPSA) is 75.6 Å². The summed E-state index contributed by atoms with van der Waals surface area (Å²) in [5, 5.41) is 10.7. The van der Waals surface area contributed by atoms with E-state index >= 15 is 0 Å². The van der Waals surface area contributed by atoms with E-state index in [4.69, 9.17) is 9.84 Å². The monoisotopic (exact) mass is 317 g/mol. The highest BCUT2D eigenvalue weighted by molar-refractivity contribution is 7.93. The van der Waals surface area contributed by atoms with Gasteiger partial charge >= 0.3 is 0 Å². The molecule has 0 bridgehead atoms. The summed E-state index contributed by atoms with van der Waals surface area (Å²) in [5.74, 6) is -0.453. The second-order valence-electron chi connectivity index (χ2n) is 3.82. The van der Waals surface area contributed by atoms with Crippen molar-refractivity contribution in [1.82, 2.24) is 0 Å². The van der Waals surface area contributed by atoms with Gasteiger partial charge in [0.05, 0.1) is 24.3 Å². The molecule has 0 amide bonds. The molecule has 0 spiro atoms. The van der Waals surface area contributed by atoms with Crippen LogP contribution in [0, 0.1) is 5.82 Å². The van der Waals surface area contributed by atoms with E-state index in [1.165, 1.54) is 19.2 Å². The summed E-state index contributed by atoms with van der Waals surface area (Å²) in [4.78, 5) is 0.329. The number of aliphatic hydroxyl groups excluding tert-OH is 1. The Kier molecular flexibility index (Phi) is 4.26. The largest absolute Gasteiger partial charge is 0.494 e. The van der Waals surface area contributed by atoms with Crippen LogP contribution in [-0.4, -0.2) is 20.6 Å². The third-order valence-electron chi connectivity index (χ3n) is 2.55. The normalized spacial score (nSPS) is 11.3. The first kappa shape index (κ1) is 14.8. The fourth-order valence-corrected chi connectivity index (χ4v) is 4.00. The number of nitrogens with one attached hydrogen (secondary N) is 1. The van der Waals surface area contributed by atoms with Gasteiger partial charge in [0, 0.05) is 6.07 Å². The fourth-order valence-electron chi connectivity index (χ4n) is 1.63. The van der Waals surface area contributed by atoms with Gasteiger partial charge in [0.25, 0.3) is 10.0 Å². The lowest BCUT2D eigenvalue weighted by atomic mass is 10.3. The molecule has 2 aromatic rings. The van der Waals surface area contributed by atoms with Gasteiger partial charge in [0.2, 0.25) is 0 Å². The molecule has 20 heavy (non-hydrogen) atoms. The van der Waals surface area contributed by atoms with Crippen LogP contribution in [0.15, 0.2) is 34.5 Å². The van der Waals surface area contributed by atoms with Gasteiger partial charge in [-0.2, -0.15) is 0 Å². The first-order valence-corrected chi connectivity index (χ1v) is 7.88. The predicted octanol–water partition coefficient (Wildman–Crippen LogP) is 2.19. The molecule has 0 unspecified atom stereocenters. The molecule has 0 aliphatic rings. The highest BCUT2D eigenvalue weighted by atomic mass is 32.2. The average Bonchev–Trinajstić information content (AvgIpc) is 2.89. The van der Waals surface area contributed by atoms with Crippen LogP contribution in [0.2, 0.25) is 0 Å². The molecule has 2 N–H and O–H groups in total. The van der Waals surface area contributed by atoms with E-state index < -0.39 is 15.8 Å². The summed E-state index contributed by atoms with van der Waals surface area (Å²) in [6.07, 6.45) is 0. The van der Waals surface area contributed by atoms with Crippen LogP contribution in [0.25, 0.3) is 0 Å². The van der Waals surface area contributed by atoms with Crippen molar-refractivity contribution < 1.29 is 22.7 Å². The molecule has 1 aromatic heterocycles. The number of methoxy groups -OCH3 is 1. The van der Waals surface area contributed by atoms with Crippen molar-refractivity contribution in [1.29, 1.82) is 0 Å². The molecule has 0 radical (unpaired) electrons. The van der Waals surface area contributed by atoms with E-state index in [0.29, 0.717) is 4.88 Å². The number of benzene rings is 1. The van der Waals surface area contributed by atoms with E-state index in [9.17, 15) is 12.8 Å². The molecular formula is C12H12FNO4S2. The summed E-state index contributed by atoms with van der Waals surface area (Å²) in [6, 6.07) is 4.88. The molecule has 1 aromatic carbocycles. The maximum atomic E-state index is 13.1. The molecule has 2 rings (SSSR count). The number of thiophene rings is 1. The van der Waals surface area contributed by atoms with Gasteiger partial charge in [0.15, 0.2) is 0 Å². The number of rotatable bonds is 5. The van der Waals surface area contributed by atoms with Crippen LogP contribution in [0.5, 0.6) is 5.75 Å². The van der Waals surface area contributed by atoms with Crippen molar-refractivity contribution in [2.75, 3.05) is 11.8 Å². The van der Waals surface area contributed by atoms with Crippen molar-refractivity contribution in [3.8, 4) is 5.75 Å². The van der Waals surface area contributed by atoms with E-state index in [-0.39, 0.29) is 22.9 Å². The Balaban J connectivity index is 2.38. The van der Waals surface area contributed by atoms with Crippen LogP contribution in [-0.2, 0) is 16.6 Å². The molecule has 0 aliphatic heterocycles. The maximum Gasteiger partial charge on any atom is 0.263 e. The first-order chi connectivity index (χ1) is 9.47. The highest BCUT2D eigenvalue weighted by Gasteiger charge is 2.21.